The second-order valence-corrected chi connectivity index (χ2v) is 4.58. The monoisotopic (exact) mass is 314 g/mol. The van der Waals surface area contributed by atoms with Crippen LogP contribution < -0.4 is 0 Å². The topological polar surface area (TPSA) is 38.0 Å². The van der Waals surface area contributed by atoms with Gasteiger partial charge in [-0.1, -0.05) is 12.1 Å². The molecule has 0 amide bonds. The smallest absolute Gasteiger partial charge is 0.121 e. The van der Waals surface area contributed by atoms with Crippen LogP contribution in [0.2, 0.25) is 0 Å². The Bertz CT molecular complexity index is 450. The van der Waals surface area contributed by atoms with Crippen LogP contribution in [0.4, 0.5) is 0 Å². The molecule has 1 atom stereocenters. The highest BCUT2D eigenvalue weighted by Crippen LogP contribution is 2.21. The summed E-state index contributed by atoms with van der Waals surface area (Å²) in [5.41, 5.74) is 1.69. The van der Waals surface area contributed by atoms with Crippen molar-refractivity contribution in [2.45, 2.75) is 6.10 Å². The molecule has 0 saturated carbocycles. The summed E-state index contributed by atoms with van der Waals surface area (Å²) in [6, 6.07) is 9.65. The number of aliphatic hydroxyl groups excluding tert-OH is 1. The van der Waals surface area contributed by atoms with Crippen molar-refractivity contribution < 1.29 is 5.11 Å². The van der Waals surface area contributed by atoms with Crippen molar-refractivity contribution in [3.8, 4) is 0 Å². The summed E-state index contributed by atoms with van der Waals surface area (Å²) in [6.07, 6.45) is 1.08. The van der Waals surface area contributed by atoms with Crippen molar-refractivity contribution >= 4 is 22.6 Å². The van der Waals surface area contributed by atoms with Gasteiger partial charge in [-0.05, 0) is 46.4 Å². The SMILES string of the molecule is Cn1nccc1C(O)c1ccc(I)cc1. The Labute approximate surface area is 102 Å². The summed E-state index contributed by atoms with van der Waals surface area (Å²) in [5, 5.41) is 14.1. The van der Waals surface area contributed by atoms with Gasteiger partial charge in [-0.15, -0.1) is 0 Å². The van der Waals surface area contributed by atoms with Gasteiger partial charge < -0.3 is 5.11 Å². The normalized spacial score (nSPS) is 12.7. The maximum atomic E-state index is 10.1. The first-order chi connectivity index (χ1) is 7.18. The third kappa shape index (κ3) is 2.21. The second kappa shape index (κ2) is 4.32. The molecule has 3 nitrogen and oxygen atoms in total. The fourth-order valence-corrected chi connectivity index (χ4v) is 1.83. The van der Waals surface area contributed by atoms with E-state index in [1.165, 1.54) is 0 Å². The predicted molar refractivity (Wildman–Crippen MR) is 66.4 cm³/mol. The summed E-state index contributed by atoms with van der Waals surface area (Å²) < 4.78 is 2.84. The van der Waals surface area contributed by atoms with Gasteiger partial charge >= 0.3 is 0 Å². The minimum absolute atomic E-state index is 0.602. The van der Waals surface area contributed by atoms with Crippen LogP contribution in [0.15, 0.2) is 36.5 Å². The lowest BCUT2D eigenvalue weighted by molar-refractivity contribution is 0.209. The number of halogens is 1. The molecule has 0 aliphatic carbocycles. The maximum Gasteiger partial charge on any atom is 0.121 e. The molecule has 4 heteroatoms. The maximum absolute atomic E-state index is 10.1. The van der Waals surface area contributed by atoms with Gasteiger partial charge in [0.1, 0.15) is 6.10 Å². The lowest BCUT2D eigenvalue weighted by atomic mass is 10.1. The Hall–Kier alpha value is -0.880. The van der Waals surface area contributed by atoms with E-state index in [0.29, 0.717) is 0 Å². The molecule has 0 bridgehead atoms. The Morgan fingerprint density at radius 1 is 1.27 bits per heavy atom. The molecule has 2 aromatic rings. The van der Waals surface area contributed by atoms with Gasteiger partial charge in [0.05, 0.1) is 5.69 Å². The first kappa shape index (κ1) is 10.6. The number of aliphatic hydroxyl groups is 1. The lowest BCUT2D eigenvalue weighted by Crippen LogP contribution is -2.06. The second-order valence-electron chi connectivity index (χ2n) is 3.33. The van der Waals surface area contributed by atoms with Crippen molar-refractivity contribution in [2.75, 3.05) is 0 Å². The molecule has 0 saturated heterocycles. The van der Waals surface area contributed by atoms with Crippen LogP contribution in [-0.2, 0) is 7.05 Å². The van der Waals surface area contributed by atoms with Gasteiger partial charge in [0, 0.05) is 16.8 Å². The fraction of sp³-hybridized carbons (Fsp3) is 0.182. The van der Waals surface area contributed by atoms with Crippen molar-refractivity contribution in [3.63, 3.8) is 0 Å². The van der Waals surface area contributed by atoms with Crippen molar-refractivity contribution in [1.82, 2.24) is 9.78 Å². The Morgan fingerprint density at radius 3 is 2.47 bits per heavy atom. The van der Waals surface area contributed by atoms with Crippen molar-refractivity contribution in [1.29, 1.82) is 0 Å². The number of nitrogens with zero attached hydrogens (tertiary/aromatic N) is 2. The average molecular weight is 314 g/mol. The van der Waals surface area contributed by atoms with Gasteiger partial charge in [0.25, 0.3) is 0 Å². The van der Waals surface area contributed by atoms with Crippen molar-refractivity contribution in [2.24, 2.45) is 7.05 Å². The van der Waals surface area contributed by atoms with E-state index in [1.807, 2.05) is 37.4 Å². The number of aromatic nitrogens is 2. The highest BCUT2D eigenvalue weighted by molar-refractivity contribution is 14.1. The third-order valence-corrected chi connectivity index (χ3v) is 3.04. The van der Waals surface area contributed by atoms with Gasteiger partial charge in [0.2, 0.25) is 0 Å². The number of hydrogen-bond donors (Lipinski definition) is 1. The van der Waals surface area contributed by atoms with E-state index in [-0.39, 0.29) is 0 Å². The van der Waals surface area contributed by atoms with E-state index >= 15 is 0 Å². The minimum Gasteiger partial charge on any atom is -0.382 e. The molecule has 1 unspecified atom stereocenters. The highest BCUT2D eigenvalue weighted by Gasteiger charge is 2.13. The van der Waals surface area contributed by atoms with Gasteiger partial charge in [-0.3, -0.25) is 4.68 Å². The number of rotatable bonds is 2. The zero-order valence-corrected chi connectivity index (χ0v) is 10.4. The van der Waals surface area contributed by atoms with Crippen LogP contribution in [0.1, 0.15) is 17.4 Å². The Kier molecular flexibility index (Phi) is 3.06. The summed E-state index contributed by atoms with van der Waals surface area (Å²) in [4.78, 5) is 0. The molecular weight excluding hydrogens is 303 g/mol. The van der Waals surface area contributed by atoms with Crippen LogP contribution in [0.3, 0.4) is 0 Å². The first-order valence-corrected chi connectivity index (χ1v) is 5.68. The first-order valence-electron chi connectivity index (χ1n) is 4.60. The summed E-state index contributed by atoms with van der Waals surface area (Å²) >= 11 is 2.24. The molecule has 1 heterocycles. The van der Waals surface area contributed by atoms with Crippen molar-refractivity contribution in [3.05, 3.63) is 51.4 Å². The molecule has 1 aromatic heterocycles. The van der Waals surface area contributed by atoms with E-state index < -0.39 is 6.10 Å². The third-order valence-electron chi connectivity index (χ3n) is 2.32. The fourth-order valence-electron chi connectivity index (χ4n) is 1.47. The van der Waals surface area contributed by atoms with Crippen LogP contribution in [0, 0.1) is 3.57 Å². The van der Waals surface area contributed by atoms with E-state index in [9.17, 15) is 5.11 Å². The zero-order valence-electron chi connectivity index (χ0n) is 8.26. The highest BCUT2D eigenvalue weighted by atomic mass is 127. The van der Waals surface area contributed by atoms with Gasteiger partial charge in [0.15, 0.2) is 0 Å². The van der Waals surface area contributed by atoms with E-state index in [1.54, 1.807) is 10.9 Å². The Balaban J connectivity index is 2.32. The summed E-state index contributed by atoms with van der Waals surface area (Å²) in [6.45, 7) is 0. The van der Waals surface area contributed by atoms with Crippen LogP contribution >= 0.6 is 22.6 Å². The molecule has 0 radical (unpaired) electrons. The van der Waals surface area contributed by atoms with E-state index in [4.69, 9.17) is 0 Å². The molecule has 2 rings (SSSR count). The summed E-state index contributed by atoms with van der Waals surface area (Å²) in [5.74, 6) is 0. The Morgan fingerprint density at radius 2 is 1.93 bits per heavy atom. The quantitative estimate of drug-likeness (QED) is 0.862. The predicted octanol–water partition coefficient (Wildman–Crippen LogP) is 2.11. The molecule has 0 fully saturated rings. The average Bonchev–Trinajstić information content (AvgIpc) is 2.65. The largest absolute Gasteiger partial charge is 0.382 e. The van der Waals surface area contributed by atoms with Crippen LogP contribution in [0.25, 0.3) is 0 Å². The van der Waals surface area contributed by atoms with Crippen LogP contribution in [0.5, 0.6) is 0 Å². The number of benzene rings is 1. The summed E-state index contributed by atoms with van der Waals surface area (Å²) in [7, 11) is 1.82. The molecule has 0 aliphatic rings. The zero-order chi connectivity index (χ0) is 10.8. The van der Waals surface area contributed by atoms with Gasteiger partial charge in [-0.2, -0.15) is 5.10 Å². The molecular formula is C11H11IN2O. The molecule has 1 aromatic carbocycles. The molecule has 78 valence electrons. The lowest BCUT2D eigenvalue weighted by Gasteiger charge is -2.11. The molecule has 0 spiro atoms. The van der Waals surface area contributed by atoms with Gasteiger partial charge in [-0.25, -0.2) is 0 Å². The standard InChI is InChI=1S/C11H11IN2O/c1-14-10(6-7-13-14)11(15)8-2-4-9(12)5-3-8/h2-7,11,15H,1H3. The van der Waals surface area contributed by atoms with E-state index in [0.717, 1.165) is 14.8 Å². The van der Waals surface area contributed by atoms with E-state index in [2.05, 4.69) is 27.7 Å². The number of aryl methyl sites for hydroxylation is 1. The minimum atomic E-state index is -0.602. The molecule has 1 N–H and O–H groups in total. The number of hydrogen-bond acceptors (Lipinski definition) is 2. The molecule has 15 heavy (non-hydrogen) atoms. The molecule has 0 aliphatic heterocycles. The van der Waals surface area contributed by atoms with Crippen LogP contribution in [-0.4, -0.2) is 14.9 Å².